The Hall–Kier alpha value is -1.94. The molecule has 1 unspecified atom stereocenters. The Morgan fingerprint density at radius 3 is 2.71 bits per heavy atom. The SMILES string of the molecule is CCC(N)Cc1cccc(OCc2cc(F)ccc2F)c1. The summed E-state index contributed by atoms with van der Waals surface area (Å²) < 4.78 is 32.1. The number of rotatable bonds is 6. The third kappa shape index (κ3) is 4.53. The molecule has 0 fully saturated rings. The molecule has 0 aromatic heterocycles. The van der Waals surface area contributed by atoms with Crippen molar-refractivity contribution in [1.82, 2.24) is 0 Å². The summed E-state index contributed by atoms with van der Waals surface area (Å²) >= 11 is 0. The normalized spacial score (nSPS) is 12.2. The van der Waals surface area contributed by atoms with Crippen molar-refractivity contribution in [2.45, 2.75) is 32.4 Å². The number of halogens is 2. The molecule has 0 aliphatic carbocycles. The molecular formula is C17H19F2NO. The maximum Gasteiger partial charge on any atom is 0.130 e. The summed E-state index contributed by atoms with van der Waals surface area (Å²) in [7, 11) is 0. The minimum atomic E-state index is -0.474. The van der Waals surface area contributed by atoms with Gasteiger partial charge in [0.2, 0.25) is 0 Å². The van der Waals surface area contributed by atoms with Crippen LogP contribution in [-0.2, 0) is 13.0 Å². The Morgan fingerprint density at radius 2 is 1.95 bits per heavy atom. The second-order valence-corrected chi connectivity index (χ2v) is 5.04. The Morgan fingerprint density at radius 1 is 1.14 bits per heavy atom. The first-order valence-corrected chi connectivity index (χ1v) is 6.99. The van der Waals surface area contributed by atoms with Crippen LogP contribution in [0.2, 0.25) is 0 Å². The standard InChI is InChI=1S/C17H19F2NO/c1-2-15(20)8-12-4-3-5-16(9-12)21-11-13-10-14(18)6-7-17(13)19/h3-7,9-10,15H,2,8,11,20H2,1H3. The van der Waals surface area contributed by atoms with Gasteiger partial charge < -0.3 is 10.5 Å². The van der Waals surface area contributed by atoms with Gasteiger partial charge in [0.1, 0.15) is 24.0 Å². The molecule has 0 amide bonds. The van der Waals surface area contributed by atoms with E-state index in [1.165, 1.54) is 0 Å². The third-order valence-corrected chi connectivity index (χ3v) is 3.32. The topological polar surface area (TPSA) is 35.2 Å². The van der Waals surface area contributed by atoms with Crippen LogP contribution in [0.3, 0.4) is 0 Å². The van der Waals surface area contributed by atoms with E-state index in [0.717, 1.165) is 36.6 Å². The molecule has 4 heteroatoms. The molecule has 1 atom stereocenters. The van der Waals surface area contributed by atoms with E-state index in [0.29, 0.717) is 5.75 Å². The lowest BCUT2D eigenvalue weighted by Gasteiger charge is -2.11. The van der Waals surface area contributed by atoms with E-state index in [9.17, 15) is 8.78 Å². The molecule has 0 heterocycles. The van der Waals surface area contributed by atoms with E-state index in [2.05, 4.69) is 0 Å². The van der Waals surface area contributed by atoms with Gasteiger partial charge in [0.05, 0.1) is 0 Å². The highest BCUT2D eigenvalue weighted by atomic mass is 19.1. The summed E-state index contributed by atoms with van der Waals surface area (Å²) in [5, 5.41) is 0. The van der Waals surface area contributed by atoms with Crippen LogP contribution in [-0.4, -0.2) is 6.04 Å². The van der Waals surface area contributed by atoms with Gasteiger partial charge in [0.15, 0.2) is 0 Å². The number of benzene rings is 2. The zero-order valence-electron chi connectivity index (χ0n) is 12.0. The Kier molecular flexibility index (Phi) is 5.28. The van der Waals surface area contributed by atoms with Crippen molar-refractivity contribution in [1.29, 1.82) is 0 Å². The summed E-state index contributed by atoms with van der Waals surface area (Å²) in [5.74, 6) is -0.322. The van der Waals surface area contributed by atoms with Gasteiger partial charge in [-0.1, -0.05) is 19.1 Å². The first-order valence-electron chi connectivity index (χ1n) is 6.99. The van der Waals surface area contributed by atoms with Crippen LogP contribution in [0.5, 0.6) is 5.75 Å². The zero-order valence-corrected chi connectivity index (χ0v) is 12.0. The fraction of sp³-hybridized carbons (Fsp3) is 0.294. The Labute approximate surface area is 123 Å². The Bertz CT molecular complexity index is 601. The maximum atomic E-state index is 13.5. The van der Waals surface area contributed by atoms with E-state index in [1.54, 1.807) is 6.07 Å². The van der Waals surface area contributed by atoms with Crippen LogP contribution in [0, 0.1) is 11.6 Å². The summed E-state index contributed by atoms with van der Waals surface area (Å²) in [4.78, 5) is 0. The van der Waals surface area contributed by atoms with Gasteiger partial charge in [-0.2, -0.15) is 0 Å². The highest BCUT2D eigenvalue weighted by molar-refractivity contribution is 5.29. The number of nitrogens with two attached hydrogens (primary N) is 1. The highest BCUT2D eigenvalue weighted by Crippen LogP contribution is 2.18. The summed E-state index contributed by atoms with van der Waals surface area (Å²) in [6, 6.07) is 11.0. The Balaban J connectivity index is 2.03. The molecule has 0 saturated carbocycles. The van der Waals surface area contributed by atoms with Crippen LogP contribution < -0.4 is 10.5 Å². The fourth-order valence-corrected chi connectivity index (χ4v) is 2.02. The van der Waals surface area contributed by atoms with Gasteiger partial charge in [-0.15, -0.1) is 0 Å². The molecule has 0 aliphatic heterocycles. The minimum absolute atomic E-state index is 0.00707. The number of ether oxygens (including phenoxy) is 1. The second kappa shape index (κ2) is 7.18. The molecule has 0 radical (unpaired) electrons. The maximum absolute atomic E-state index is 13.5. The van der Waals surface area contributed by atoms with Gasteiger partial charge in [-0.3, -0.25) is 0 Å². The fourth-order valence-electron chi connectivity index (χ4n) is 2.02. The summed E-state index contributed by atoms with van der Waals surface area (Å²) in [6.45, 7) is 2.03. The van der Waals surface area contributed by atoms with Crippen LogP contribution >= 0.6 is 0 Å². The van der Waals surface area contributed by atoms with E-state index in [-0.39, 0.29) is 18.2 Å². The van der Waals surface area contributed by atoms with Crippen LogP contribution in [0.1, 0.15) is 24.5 Å². The van der Waals surface area contributed by atoms with Crippen LogP contribution in [0.15, 0.2) is 42.5 Å². The smallest absolute Gasteiger partial charge is 0.130 e. The summed E-state index contributed by atoms with van der Waals surface area (Å²) in [6.07, 6.45) is 1.67. The quantitative estimate of drug-likeness (QED) is 0.878. The largest absolute Gasteiger partial charge is 0.489 e. The zero-order chi connectivity index (χ0) is 15.2. The van der Waals surface area contributed by atoms with E-state index < -0.39 is 11.6 Å². The van der Waals surface area contributed by atoms with E-state index in [4.69, 9.17) is 10.5 Å². The van der Waals surface area contributed by atoms with Gasteiger partial charge in [0, 0.05) is 11.6 Å². The lowest BCUT2D eigenvalue weighted by atomic mass is 10.0. The predicted molar refractivity (Wildman–Crippen MR) is 79.1 cm³/mol. The lowest BCUT2D eigenvalue weighted by molar-refractivity contribution is 0.298. The molecule has 2 aromatic rings. The first kappa shape index (κ1) is 15.4. The molecule has 112 valence electrons. The monoisotopic (exact) mass is 291 g/mol. The van der Waals surface area contributed by atoms with Crippen molar-refractivity contribution in [3.05, 3.63) is 65.2 Å². The molecule has 2 N–H and O–H groups in total. The molecule has 21 heavy (non-hydrogen) atoms. The molecular weight excluding hydrogens is 272 g/mol. The lowest BCUT2D eigenvalue weighted by Crippen LogP contribution is -2.21. The van der Waals surface area contributed by atoms with Crippen molar-refractivity contribution in [3.63, 3.8) is 0 Å². The minimum Gasteiger partial charge on any atom is -0.489 e. The molecule has 0 aliphatic rings. The third-order valence-electron chi connectivity index (χ3n) is 3.32. The highest BCUT2D eigenvalue weighted by Gasteiger charge is 2.06. The van der Waals surface area contributed by atoms with Crippen LogP contribution in [0.4, 0.5) is 8.78 Å². The van der Waals surface area contributed by atoms with Crippen LogP contribution in [0.25, 0.3) is 0 Å². The van der Waals surface area contributed by atoms with Crippen molar-refractivity contribution in [2.75, 3.05) is 0 Å². The number of hydrogen-bond donors (Lipinski definition) is 1. The van der Waals surface area contributed by atoms with Gasteiger partial charge >= 0.3 is 0 Å². The van der Waals surface area contributed by atoms with E-state index in [1.807, 2.05) is 25.1 Å². The van der Waals surface area contributed by atoms with E-state index >= 15 is 0 Å². The van der Waals surface area contributed by atoms with Crippen molar-refractivity contribution >= 4 is 0 Å². The van der Waals surface area contributed by atoms with Crippen molar-refractivity contribution < 1.29 is 13.5 Å². The van der Waals surface area contributed by atoms with Gasteiger partial charge in [-0.05, 0) is 48.7 Å². The van der Waals surface area contributed by atoms with Crippen molar-refractivity contribution in [2.24, 2.45) is 5.73 Å². The predicted octanol–water partition coefficient (Wildman–Crippen LogP) is 3.82. The molecule has 0 bridgehead atoms. The van der Waals surface area contributed by atoms with Crippen molar-refractivity contribution in [3.8, 4) is 5.75 Å². The average molecular weight is 291 g/mol. The molecule has 2 rings (SSSR count). The van der Waals surface area contributed by atoms with Gasteiger partial charge in [-0.25, -0.2) is 8.78 Å². The second-order valence-electron chi connectivity index (χ2n) is 5.04. The molecule has 2 aromatic carbocycles. The molecule has 0 saturated heterocycles. The molecule has 2 nitrogen and oxygen atoms in total. The first-order chi connectivity index (χ1) is 10.1. The number of hydrogen-bond acceptors (Lipinski definition) is 2. The van der Waals surface area contributed by atoms with Gasteiger partial charge in [0.25, 0.3) is 0 Å². The summed E-state index contributed by atoms with van der Waals surface area (Å²) in [5.41, 5.74) is 7.20. The molecule has 0 spiro atoms. The average Bonchev–Trinajstić information content (AvgIpc) is 2.48.